The third-order valence-electron chi connectivity index (χ3n) is 3.96. The molecule has 26 heavy (non-hydrogen) atoms. The summed E-state index contributed by atoms with van der Waals surface area (Å²) >= 11 is 7.52. The van der Waals surface area contributed by atoms with E-state index >= 15 is 0 Å². The van der Waals surface area contributed by atoms with Gasteiger partial charge < -0.3 is 14.8 Å². The van der Waals surface area contributed by atoms with E-state index in [1.54, 1.807) is 26.0 Å². The van der Waals surface area contributed by atoms with E-state index in [9.17, 15) is 4.79 Å². The summed E-state index contributed by atoms with van der Waals surface area (Å²) in [4.78, 5) is 13.4. The minimum absolute atomic E-state index is 0.0353. The van der Waals surface area contributed by atoms with Crippen LogP contribution in [-0.4, -0.2) is 25.9 Å². The predicted molar refractivity (Wildman–Crippen MR) is 108 cm³/mol. The van der Waals surface area contributed by atoms with E-state index in [2.05, 4.69) is 5.32 Å². The maximum atomic E-state index is 12.3. The molecular weight excluding hydrogens is 370 g/mol. The average molecular weight is 394 g/mol. The van der Waals surface area contributed by atoms with Gasteiger partial charge in [0.05, 0.1) is 20.3 Å². The van der Waals surface area contributed by atoms with Crippen molar-refractivity contribution in [3.05, 3.63) is 53.1 Å². The third-order valence-corrected chi connectivity index (χ3v) is 5.23. The van der Waals surface area contributed by atoms with E-state index in [1.165, 1.54) is 0 Å². The molecule has 0 spiro atoms. The molecule has 6 heteroatoms. The topological polar surface area (TPSA) is 47.6 Å². The summed E-state index contributed by atoms with van der Waals surface area (Å²) in [6.45, 7) is 2.05. The second-order valence-electron chi connectivity index (χ2n) is 5.70. The van der Waals surface area contributed by atoms with Crippen molar-refractivity contribution in [2.45, 2.75) is 30.7 Å². The Morgan fingerprint density at radius 1 is 1.12 bits per heavy atom. The summed E-state index contributed by atoms with van der Waals surface area (Å²) in [5, 5.41) is 3.81. The zero-order valence-corrected chi connectivity index (χ0v) is 16.8. The van der Waals surface area contributed by atoms with Crippen LogP contribution >= 0.6 is 23.4 Å². The Morgan fingerprint density at radius 3 is 2.42 bits per heavy atom. The van der Waals surface area contributed by atoms with Crippen molar-refractivity contribution in [3.8, 4) is 11.5 Å². The van der Waals surface area contributed by atoms with Gasteiger partial charge in [0.15, 0.2) is 11.5 Å². The van der Waals surface area contributed by atoms with Crippen molar-refractivity contribution in [1.82, 2.24) is 5.32 Å². The van der Waals surface area contributed by atoms with Crippen molar-refractivity contribution in [1.29, 1.82) is 0 Å². The number of ether oxygens (including phenoxy) is 2. The first kappa shape index (κ1) is 20.5. The molecule has 0 fully saturated rings. The number of carbonyl (C=O) groups is 1. The Morgan fingerprint density at radius 2 is 1.81 bits per heavy atom. The number of thioether (sulfide) groups is 1. The number of nitrogens with one attached hydrogen (secondary N) is 1. The van der Waals surface area contributed by atoms with Gasteiger partial charge in [0.2, 0.25) is 5.91 Å². The average Bonchev–Trinajstić information content (AvgIpc) is 2.67. The Bertz CT molecular complexity index is 721. The van der Waals surface area contributed by atoms with Crippen molar-refractivity contribution in [2.24, 2.45) is 0 Å². The molecule has 0 saturated heterocycles. The number of benzene rings is 2. The molecule has 2 aromatic carbocycles. The van der Waals surface area contributed by atoms with Gasteiger partial charge in [-0.3, -0.25) is 4.79 Å². The van der Waals surface area contributed by atoms with Crippen LogP contribution in [0.25, 0.3) is 0 Å². The van der Waals surface area contributed by atoms with E-state index in [0.717, 1.165) is 22.6 Å². The highest BCUT2D eigenvalue weighted by Gasteiger charge is 2.15. The van der Waals surface area contributed by atoms with Gasteiger partial charge in [0.25, 0.3) is 0 Å². The van der Waals surface area contributed by atoms with Crippen LogP contribution in [0.5, 0.6) is 11.5 Å². The molecule has 0 aliphatic heterocycles. The van der Waals surface area contributed by atoms with Crippen LogP contribution in [0.2, 0.25) is 5.02 Å². The normalized spacial score (nSPS) is 11.7. The van der Waals surface area contributed by atoms with Gasteiger partial charge in [-0.2, -0.15) is 0 Å². The molecule has 0 saturated carbocycles. The van der Waals surface area contributed by atoms with Gasteiger partial charge in [-0.1, -0.05) is 24.6 Å². The quantitative estimate of drug-likeness (QED) is 0.601. The Labute approximate surface area is 164 Å². The van der Waals surface area contributed by atoms with E-state index in [1.807, 2.05) is 49.4 Å². The maximum Gasteiger partial charge on any atom is 0.221 e. The van der Waals surface area contributed by atoms with Crippen molar-refractivity contribution in [3.63, 3.8) is 0 Å². The highest BCUT2D eigenvalue weighted by atomic mass is 35.5. The first-order valence-corrected chi connectivity index (χ1v) is 9.83. The molecule has 1 atom stereocenters. The van der Waals surface area contributed by atoms with Crippen molar-refractivity contribution in [2.75, 3.05) is 20.0 Å². The molecule has 0 aliphatic rings. The highest BCUT2D eigenvalue weighted by Crippen LogP contribution is 2.31. The van der Waals surface area contributed by atoms with Gasteiger partial charge in [0.1, 0.15) is 0 Å². The summed E-state index contributed by atoms with van der Waals surface area (Å²) in [5.41, 5.74) is 1.00. The van der Waals surface area contributed by atoms with Crippen LogP contribution in [0.1, 0.15) is 31.4 Å². The number of hydrogen-bond donors (Lipinski definition) is 1. The predicted octanol–water partition coefficient (Wildman–Crippen LogP) is 5.11. The lowest BCUT2D eigenvalue weighted by Gasteiger charge is -2.19. The van der Waals surface area contributed by atoms with E-state index in [-0.39, 0.29) is 11.9 Å². The second kappa shape index (κ2) is 10.3. The summed E-state index contributed by atoms with van der Waals surface area (Å²) in [6.07, 6.45) is 1.25. The molecule has 0 aliphatic carbocycles. The van der Waals surface area contributed by atoms with E-state index < -0.39 is 0 Å². The summed E-state index contributed by atoms with van der Waals surface area (Å²) in [5.74, 6) is 2.09. The monoisotopic (exact) mass is 393 g/mol. The second-order valence-corrected chi connectivity index (χ2v) is 7.30. The van der Waals surface area contributed by atoms with Gasteiger partial charge in [0, 0.05) is 22.1 Å². The largest absolute Gasteiger partial charge is 0.493 e. The van der Waals surface area contributed by atoms with Gasteiger partial charge >= 0.3 is 0 Å². The van der Waals surface area contributed by atoms with Crippen molar-refractivity contribution < 1.29 is 14.3 Å². The maximum absolute atomic E-state index is 12.3. The zero-order valence-electron chi connectivity index (χ0n) is 15.3. The lowest BCUT2D eigenvalue weighted by molar-refractivity contribution is -0.121. The van der Waals surface area contributed by atoms with Crippen LogP contribution in [0.15, 0.2) is 47.4 Å². The molecule has 2 rings (SSSR count). The minimum atomic E-state index is -0.0529. The fraction of sp³-hybridized carbons (Fsp3) is 0.350. The summed E-state index contributed by atoms with van der Waals surface area (Å²) < 4.78 is 10.6. The van der Waals surface area contributed by atoms with Crippen LogP contribution in [-0.2, 0) is 4.79 Å². The van der Waals surface area contributed by atoms with Gasteiger partial charge in [-0.25, -0.2) is 0 Å². The fourth-order valence-electron chi connectivity index (χ4n) is 2.55. The Hall–Kier alpha value is -1.85. The number of hydrogen-bond acceptors (Lipinski definition) is 4. The molecule has 1 amide bonds. The fourth-order valence-corrected chi connectivity index (χ4v) is 3.53. The molecule has 0 heterocycles. The SMILES string of the molecule is CC[C@@H](NC(=O)CCSc1ccc(Cl)cc1)c1ccc(OC)c(OC)c1. The summed E-state index contributed by atoms with van der Waals surface area (Å²) in [7, 11) is 3.21. The number of methoxy groups -OCH3 is 2. The Balaban J connectivity index is 1.90. The highest BCUT2D eigenvalue weighted by molar-refractivity contribution is 7.99. The molecule has 4 nitrogen and oxygen atoms in total. The van der Waals surface area contributed by atoms with Crippen molar-refractivity contribution >= 4 is 29.3 Å². The Kier molecular flexibility index (Phi) is 8.13. The molecule has 0 bridgehead atoms. The standard InChI is InChI=1S/C20H24ClNO3S/c1-4-17(14-5-10-18(24-2)19(13-14)25-3)22-20(23)11-12-26-16-8-6-15(21)7-9-16/h5-10,13,17H,4,11-12H2,1-3H3,(H,22,23)/t17-/m1/s1. The minimum Gasteiger partial charge on any atom is -0.493 e. The molecule has 0 unspecified atom stereocenters. The van der Waals surface area contributed by atoms with Crippen LogP contribution in [0, 0.1) is 0 Å². The molecular formula is C20H24ClNO3S. The lowest BCUT2D eigenvalue weighted by Crippen LogP contribution is -2.28. The first-order chi connectivity index (χ1) is 12.6. The number of amides is 1. The zero-order chi connectivity index (χ0) is 18.9. The van der Waals surface area contributed by atoms with E-state index in [4.69, 9.17) is 21.1 Å². The molecule has 0 radical (unpaired) electrons. The van der Waals surface area contributed by atoms with Gasteiger partial charge in [-0.15, -0.1) is 11.8 Å². The molecule has 2 aromatic rings. The first-order valence-electron chi connectivity index (χ1n) is 8.47. The molecule has 140 valence electrons. The van der Waals surface area contributed by atoms with E-state index in [0.29, 0.717) is 22.9 Å². The molecule has 0 aromatic heterocycles. The number of halogens is 1. The number of rotatable bonds is 9. The molecule has 1 N–H and O–H groups in total. The van der Waals surface area contributed by atoms with Gasteiger partial charge in [-0.05, 0) is 48.4 Å². The number of carbonyl (C=O) groups excluding carboxylic acids is 1. The lowest BCUT2D eigenvalue weighted by atomic mass is 10.0. The van der Waals surface area contributed by atoms with Crippen LogP contribution in [0.4, 0.5) is 0 Å². The third kappa shape index (κ3) is 5.85. The van der Waals surface area contributed by atoms with Crippen LogP contribution in [0.3, 0.4) is 0 Å². The van der Waals surface area contributed by atoms with Crippen LogP contribution < -0.4 is 14.8 Å². The summed E-state index contributed by atoms with van der Waals surface area (Å²) in [6, 6.07) is 13.3. The smallest absolute Gasteiger partial charge is 0.221 e.